The van der Waals surface area contributed by atoms with Gasteiger partial charge in [0.1, 0.15) is 18.4 Å². The Hall–Kier alpha value is -3.07. The van der Waals surface area contributed by atoms with Crippen molar-refractivity contribution in [2.45, 2.75) is 33.4 Å². The van der Waals surface area contributed by atoms with Crippen molar-refractivity contribution in [2.75, 3.05) is 13.2 Å². The third-order valence-electron chi connectivity index (χ3n) is 6.50. The number of esters is 2. The fourth-order valence-corrected chi connectivity index (χ4v) is 8.16. The number of carbonyl (C=O) groups excluding carboxylic acids is 2. The summed E-state index contributed by atoms with van der Waals surface area (Å²) in [7, 11) is 0. The van der Waals surface area contributed by atoms with Crippen molar-refractivity contribution < 1.29 is 23.8 Å². The molecule has 1 aliphatic rings. The van der Waals surface area contributed by atoms with Crippen molar-refractivity contribution in [3.63, 3.8) is 0 Å². The normalized spacial score (nSPS) is 14.7. The molecule has 0 saturated carbocycles. The molecule has 0 amide bonds. The number of aromatic nitrogens is 1. The first-order valence-electron chi connectivity index (χ1n) is 13.3. The summed E-state index contributed by atoms with van der Waals surface area (Å²) in [5.74, 6) is -0.238. The maximum Gasteiger partial charge on any atom is 0.338 e. The first-order valence-corrected chi connectivity index (χ1v) is 16.9. The largest absolute Gasteiger partial charge is 0.487 e. The SMILES string of the molecule is CCOC(=O)C1=C(C)N=c2s/c(=C\c3cc(Br)cc(I)c3OCc3ccc(C(=O)OCC)cc3)c(=O)n2[C@@H]1c1cccs1. The number of rotatable bonds is 9. The molecule has 222 valence electrons. The molecule has 43 heavy (non-hydrogen) atoms. The number of halogens is 2. The molecule has 0 spiro atoms. The highest BCUT2D eigenvalue weighted by Gasteiger charge is 2.34. The summed E-state index contributed by atoms with van der Waals surface area (Å²) < 4.78 is 20.4. The lowest BCUT2D eigenvalue weighted by atomic mass is 10.0. The molecule has 8 nitrogen and oxygen atoms in total. The van der Waals surface area contributed by atoms with E-state index in [9.17, 15) is 14.4 Å². The molecule has 3 heterocycles. The number of thiazole rings is 1. The number of fused-ring (bicyclic) bond motifs is 1. The van der Waals surface area contributed by atoms with E-state index in [1.165, 1.54) is 22.7 Å². The first kappa shape index (κ1) is 31.4. The monoisotopic (exact) mass is 792 g/mol. The summed E-state index contributed by atoms with van der Waals surface area (Å²) in [6.07, 6.45) is 1.80. The summed E-state index contributed by atoms with van der Waals surface area (Å²) in [5.41, 5.74) is 2.68. The van der Waals surface area contributed by atoms with Gasteiger partial charge in [0.15, 0.2) is 4.80 Å². The topological polar surface area (TPSA) is 96.2 Å². The number of ether oxygens (including phenoxy) is 3. The van der Waals surface area contributed by atoms with Gasteiger partial charge in [0.05, 0.1) is 38.1 Å². The Morgan fingerprint density at radius 3 is 2.49 bits per heavy atom. The Bertz CT molecular complexity index is 1900. The zero-order valence-corrected chi connectivity index (χ0v) is 28.8. The Labute approximate surface area is 277 Å². The fraction of sp³-hybridized carbons (Fsp3) is 0.226. The predicted molar refractivity (Wildman–Crippen MR) is 178 cm³/mol. The van der Waals surface area contributed by atoms with Crippen LogP contribution in [0.3, 0.4) is 0 Å². The van der Waals surface area contributed by atoms with Gasteiger partial charge in [-0.3, -0.25) is 9.36 Å². The summed E-state index contributed by atoms with van der Waals surface area (Å²) in [4.78, 5) is 45.0. The van der Waals surface area contributed by atoms with E-state index in [0.717, 1.165) is 18.5 Å². The van der Waals surface area contributed by atoms with Crippen LogP contribution in [-0.4, -0.2) is 29.7 Å². The van der Waals surface area contributed by atoms with Crippen LogP contribution in [0.25, 0.3) is 6.08 Å². The number of allylic oxidation sites excluding steroid dienone is 1. The molecule has 2 aromatic carbocycles. The van der Waals surface area contributed by atoms with E-state index in [4.69, 9.17) is 14.2 Å². The lowest BCUT2D eigenvalue weighted by Gasteiger charge is -2.23. The maximum atomic E-state index is 14.0. The molecule has 12 heteroatoms. The van der Waals surface area contributed by atoms with Gasteiger partial charge in [-0.1, -0.05) is 45.5 Å². The van der Waals surface area contributed by atoms with Gasteiger partial charge in [-0.15, -0.1) is 11.3 Å². The van der Waals surface area contributed by atoms with Crippen molar-refractivity contribution in [3.05, 3.63) is 114 Å². The molecular weight excluding hydrogens is 767 g/mol. The molecule has 0 fully saturated rings. The van der Waals surface area contributed by atoms with Gasteiger partial charge in [0, 0.05) is 14.9 Å². The van der Waals surface area contributed by atoms with E-state index < -0.39 is 12.0 Å². The van der Waals surface area contributed by atoms with Crippen LogP contribution in [0.1, 0.15) is 53.2 Å². The Morgan fingerprint density at radius 2 is 1.81 bits per heavy atom. The van der Waals surface area contributed by atoms with E-state index in [-0.39, 0.29) is 24.7 Å². The lowest BCUT2D eigenvalue weighted by molar-refractivity contribution is -0.139. The average molecular weight is 793 g/mol. The Balaban J connectivity index is 1.54. The number of nitrogens with zero attached hydrogens (tertiary/aromatic N) is 2. The lowest BCUT2D eigenvalue weighted by Crippen LogP contribution is -2.39. The van der Waals surface area contributed by atoms with Crippen molar-refractivity contribution in [3.8, 4) is 5.75 Å². The third kappa shape index (κ3) is 6.71. The molecule has 0 radical (unpaired) electrons. The molecular formula is C31H26BrIN2O6S2. The van der Waals surface area contributed by atoms with E-state index >= 15 is 0 Å². The van der Waals surface area contributed by atoms with E-state index in [2.05, 4.69) is 43.5 Å². The van der Waals surface area contributed by atoms with Gasteiger partial charge in [-0.25, -0.2) is 14.6 Å². The molecule has 0 N–H and O–H groups in total. The van der Waals surface area contributed by atoms with Crippen LogP contribution >= 0.6 is 61.2 Å². The quantitative estimate of drug-likeness (QED) is 0.153. The molecule has 2 aromatic heterocycles. The van der Waals surface area contributed by atoms with Crippen molar-refractivity contribution >= 4 is 79.2 Å². The molecule has 0 unspecified atom stereocenters. The molecule has 0 bridgehead atoms. The van der Waals surface area contributed by atoms with E-state index in [1.807, 2.05) is 41.8 Å². The zero-order valence-electron chi connectivity index (χ0n) is 23.4. The third-order valence-corrected chi connectivity index (χ3v) is 9.67. The predicted octanol–water partition coefficient (Wildman–Crippen LogP) is 5.98. The number of carbonyl (C=O) groups is 2. The fourth-order valence-electron chi connectivity index (χ4n) is 4.60. The molecule has 5 rings (SSSR count). The zero-order chi connectivity index (χ0) is 30.7. The van der Waals surface area contributed by atoms with Gasteiger partial charge >= 0.3 is 11.9 Å². The van der Waals surface area contributed by atoms with Crippen LogP contribution < -0.4 is 19.6 Å². The van der Waals surface area contributed by atoms with Crippen LogP contribution in [-0.2, 0) is 20.9 Å². The first-order chi connectivity index (χ1) is 20.7. The molecule has 4 aromatic rings. The van der Waals surface area contributed by atoms with Crippen LogP contribution in [0.5, 0.6) is 5.75 Å². The minimum Gasteiger partial charge on any atom is -0.487 e. The highest BCUT2D eigenvalue weighted by Crippen LogP contribution is 2.34. The molecule has 0 aliphatic carbocycles. The van der Waals surface area contributed by atoms with E-state index in [1.54, 1.807) is 43.5 Å². The van der Waals surface area contributed by atoms with Gasteiger partial charge in [0.2, 0.25) is 0 Å². The highest BCUT2D eigenvalue weighted by atomic mass is 127. The summed E-state index contributed by atoms with van der Waals surface area (Å²) in [5, 5.41) is 1.92. The highest BCUT2D eigenvalue weighted by molar-refractivity contribution is 14.1. The molecule has 1 aliphatic heterocycles. The second kappa shape index (κ2) is 13.7. The van der Waals surface area contributed by atoms with E-state index in [0.29, 0.717) is 44.1 Å². The standard InChI is InChI=1S/C31H26BrIN2O6S2/c1-4-39-29(37)19-10-8-18(9-11-19)16-41-27-20(13-21(32)15-22(27)33)14-24-28(36)35-26(23-7-6-12-42-23)25(30(38)40-5-2)17(3)34-31(35)43-24/h6-15,26H,4-5,16H2,1-3H3/b24-14-/t26-/m1/s1. The second-order valence-corrected chi connectivity index (χ2v) is 13.4. The van der Waals surface area contributed by atoms with Gasteiger partial charge in [-0.05, 0) is 90.7 Å². The summed E-state index contributed by atoms with van der Waals surface area (Å²) in [6.45, 7) is 6.07. The molecule has 1 atom stereocenters. The maximum absolute atomic E-state index is 14.0. The van der Waals surface area contributed by atoms with Gasteiger partial charge in [0.25, 0.3) is 5.56 Å². The second-order valence-electron chi connectivity index (χ2n) is 9.33. The van der Waals surface area contributed by atoms with Crippen LogP contribution in [0.4, 0.5) is 0 Å². The van der Waals surface area contributed by atoms with Crippen molar-refractivity contribution in [1.29, 1.82) is 0 Å². The number of hydrogen-bond donors (Lipinski definition) is 0. The number of thiophene rings is 1. The number of benzene rings is 2. The summed E-state index contributed by atoms with van der Waals surface area (Å²) in [6, 6.07) is 14.1. The minimum absolute atomic E-state index is 0.219. The van der Waals surface area contributed by atoms with Crippen LogP contribution in [0.15, 0.2) is 79.4 Å². The Morgan fingerprint density at radius 1 is 1.09 bits per heavy atom. The minimum atomic E-state index is -0.631. The molecule has 0 saturated heterocycles. The van der Waals surface area contributed by atoms with Gasteiger partial charge < -0.3 is 14.2 Å². The van der Waals surface area contributed by atoms with Crippen molar-refractivity contribution in [1.82, 2.24) is 4.57 Å². The Kier molecular flexibility index (Phi) is 9.99. The van der Waals surface area contributed by atoms with Crippen LogP contribution in [0.2, 0.25) is 0 Å². The van der Waals surface area contributed by atoms with Gasteiger partial charge in [-0.2, -0.15) is 0 Å². The van der Waals surface area contributed by atoms with Crippen molar-refractivity contribution in [2.24, 2.45) is 4.99 Å². The number of hydrogen-bond acceptors (Lipinski definition) is 9. The summed E-state index contributed by atoms with van der Waals surface area (Å²) >= 11 is 8.51. The average Bonchev–Trinajstić information content (AvgIpc) is 3.61. The van der Waals surface area contributed by atoms with Crippen LogP contribution in [0, 0.1) is 3.57 Å². The smallest absolute Gasteiger partial charge is 0.338 e.